The van der Waals surface area contributed by atoms with Gasteiger partial charge in [0.2, 0.25) is 5.89 Å². The van der Waals surface area contributed by atoms with E-state index in [1.807, 2.05) is 66.4 Å². The highest BCUT2D eigenvalue weighted by Gasteiger charge is 2.19. The number of ether oxygens (including phenoxy) is 2. The Morgan fingerprint density at radius 3 is 2.50 bits per heavy atom. The van der Waals surface area contributed by atoms with E-state index in [1.165, 1.54) is 0 Å². The van der Waals surface area contributed by atoms with Crippen LogP contribution in [0.15, 0.2) is 59.0 Å². The van der Waals surface area contributed by atoms with Crippen LogP contribution in [0.5, 0.6) is 5.75 Å². The van der Waals surface area contributed by atoms with Gasteiger partial charge in [-0.3, -0.25) is 4.79 Å². The minimum absolute atomic E-state index is 0.0235. The maximum Gasteiger partial charge on any atom is 0.254 e. The molecule has 0 aliphatic carbocycles. The fourth-order valence-corrected chi connectivity index (χ4v) is 3.06. The molecule has 2 heterocycles. The number of nitrogens with zero attached hydrogens (tertiary/aromatic N) is 2. The van der Waals surface area contributed by atoms with Crippen LogP contribution in [0.4, 0.5) is 0 Å². The summed E-state index contributed by atoms with van der Waals surface area (Å²) in [6.07, 6.45) is 0. The second-order valence-electron chi connectivity index (χ2n) is 6.61. The smallest absolute Gasteiger partial charge is 0.254 e. The van der Waals surface area contributed by atoms with Crippen LogP contribution in [0, 0.1) is 6.92 Å². The molecule has 3 aromatic rings. The summed E-state index contributed by atoms with van der Waals surface area (Å²) in [5, 5.41) is 0. The average molecular weight is 378 g/mol. The number of aryl methyl sites for hydroxylation is 1. The van der Waals surface area contributed by atoms with E-state index in [0.29, 0.717) is 44.4 Å². The summed E-state index contributed by atoms with van der Waals surface area (Å²) in [5.41, 5.74) is 2.24. The van der Waals surface area contributed by atoms with E-state index < -0.39 is 0 Å². The Morgan fingerprint density at radius 2 is 1.79 bits per heavy atom. The first-order valence-electron chi connectivity index (χ1n) is 9.32. The number of carbonyl (C=O) groups is 1. The van der Waals surface area contributed by atoms with Gasteiger partial charge in [0, 0.05) is 24.2 Å². The van der Waals surface area contributed by atoms with Gasteiger partial charge in [0.05, 0.1) is 13.2 Å². The van der Waals surface area contributed by atoms with Crippen molar-refractivity contribution < 1.29 is 18.7 Å². The third-order valence-electron chi connectivity index (χ3n) is 4.69. The van der Waals surface area contributed by atoms with Crippen LogP contribution >= 0.6 is 0 Å². The Kier molecular flexibility index (Phi) is 5.39. The summed E-state index contributed by atoms with van der Waals surface area (Å²) in [4.78, 5) is 18.9. The zero-order valence-corrected chi connectivity index (χ0v) is 15.8. The van der Waals surface area contributed by atoms with E-state index in [2.05, 4.69) is 4.98 Å². The average Bonchev–Trinajstić information content (AvgIpc) is 3.14. The topological polar surface area (TPSA) is 64.8 Å². The van der Waals surface area contributed by atoms with E-state index in [-0.39, 0.29) is 5.91 Å². The van der Waals surface area contributed by atoms with Gasteiger partial charge in [-0.2, -0.15) is 0 Å². The van der Waals surface area contributed by atoms with Crippen molar-refractivity contribution in [3.05, 3.63) is 71.6 Å². The first kappa shape index (κ1) is 18.3. The number of oxazole rings is 1. The molecular weight excluding hydrogens is 356 g/mol. The quantitative estimate of drug-likeness (QED) is 0.677. The van der Waals surface area contributed by atoms with Crippen LogP contribution in [-0.2, 0) is 11.3 Å². The van der Waals surface area contributed by atoms with Gasteiger partial charge in [0.25, 0.3) is 5.91 Å². The number of hydrogen-bond acceptors (Lipinski definition) is 5. The fourth-order valence-electron chi connectivity index (χ4n) is 3.06. The van der Waals surface area contributed by atoms with E-state index >= 15 is 0 Å². The number of aromatic nitrogens is 1. The molecule has 28 heavy (non-hydrogen) atoms. The Labute approximate surface area is 163 Å². The van der Waals surface area contributed by atoms with Crippen molar-refractivity contribution in [2.24, 2.45) is 0 Å². The molecule has 1 aliphatic heterocycles. The molecule has 4 rings (SSSR count). The molecule has 0 atom stereocenters. The second kappa shape index (κ2) is 8.27. The highest BCUT2D eigenvalue weighted by molar-refractivity contribution is 5.94. The minimum atomic E-state index is 0.0235. The van der Waals surface area contributed by atoms with Crippen molar-refractivity contribution >= 4 is 5.91 Å². The molecule has 0 N–H and O–H groups in total. The van der Waals surface area contributed by atoms with Crippen molar-refractivity contribution in [3.63, 3.8) is 0 Å². The van der Waals surface area contributed by atoms with Crippen LogP contribution in [-0.4, -0.2) is 42.1 Å². The lowest BCUT2D eigenvalue weighted by Gasteiger charge is -2.26. The molecule has 144 valence electrons. The lowest BCUT2D eigenvalue weighted by Crippen LogP contribution is -2.40. The normalized spacial score (nSPS) is 14.1. The summed E-state index contributed by atoms with van der Waals surface area (Å²) in [5.74, 6) is 2.06. The molecule has 0 bridgehead atoms. The number of hydrogen-bond donors (Lipinski definition) is 0. The monoisotopic (exact) mass is 378 g/mol. The Balaban J connectivity index is 1.45. The largest absolute Gasteiger partial charge is 0.487 e. The molecule has 0 spiro atoms. The summed E-state index contributed by atoms with van der Waals surface area (Å²) in [6.45, 7) is 4.65. The van der Waals surface area contributed by atoms with Gasteiger partial charge in [-0.1, -0.05) is 18.2 Å². The number of benzene rings is 2. The number of carbonyl (C=O) groups excluding carboxylic acids is 1. The van der Waals surface area contributed by atoms with Crippen molar-refractivity contribution in [1.29, 1.82) is 0 Å². The summed E-state index contributed by atoms with van der Waals surface area (Å²) < 4.78 is 16.9. The number of rotatable bonds is 5. The number of morpholine rings is 1. The molecule has 0 saturated carbocycles. The van der Waals surface area contributed by atoms with Gasteiger partial charge in [-0.25, -0.2) is 4.98 Å². The zero-order valence-electron chi connectivity index (χ0n) is 15.8. The van der Waals surface area contributed by atoms with Crippen molar-refractivity contribution in [2.45, 2.75) is 13.5 Å². The third kappa shape index (κ3) is 4.07. The Bertz CT molecular complexity index is 929. The Morgan fingerprint density at radius 1 is 1.07 bits per heavy atom. The predicted octanol–water partition coefficient (Wildman–Crippen LogP) is 3.70. The van der Waals surface area contributed by atoms with Gasteiger partial charge in [-0.15, -0.1) is 0 Å². The highest BCUT2D eigenvalue weighted by atomic mass is 16.5. The van der Waals surface area contributed by atoms with E-state index in [0.717, 1.165) is 22.8 Å². The van der Waals surface area contributed by atoms with Crippen LogP contribution in [0.1, 0.15) is 21.8 Å². The van der Waals surface area contributed by atoms with Crippen LogP contribution in [0.25, 0.3) is 11.5 Å². The summed E-state index contributed by atoms with van der Waals surface area (Å²) in [7, 11) is 0. The second-order valence-corrected chi connectivity index (χ2v) is 6.61. The highest BCUT2D eigenvalue weighted by Crippen LogP contribution is 2.23. The van der Waals surface area contributed by atoms with Gasteiger partial charge in [0.1, 0.15) is 23.8 Å². The van der Waals surface area contributed by atoms with E-state index in [1.54, 1.807) is 0 Å². The van der Waals surface area contributed by atoms with Crippen molar-refractivity contribution in [1.82, 2.24) is 9.88 Å². The molecule has 1 aliphatic rings. The minimum Gasteiger partial charge on any atom is -0.487 e. The lowest BCUT2D eigenvalue weighted by atomic mass is 10.1. The molecule has 6 heteroatoms. The molecular formula is C22H22N2O4. The lowest BCUT2D eigenvalue weighted by molar-refractivity contribution is 0.0303. The number of amides is 1. The standard InChI is InChI=1S/C22H22N2O4/c1-16-20(15-27-19-5-3-2-4-6-19)23-21(28-16)17-7-9-18(10-8-17)22(25)24-11-13-26-14-12-24/h2-10H,11-15H2,1H3. The van der Waals surface area contributed by atoms with Gasteiger partial charge < -0.3 is 18.8 Å². The van der Waals surface area contributed by atoms with Crippen LogP contribution in [0.3, 0.4) is 0 Å². The summed E-state index contributed by atoms with van der Waals surface area (Å²) >= 11 is 0. The maximum absolute atomic E-state index is 12.5. The predicted molar refractivity (Wildman–Crippen MR) is 104 cm³/mol. The first-order chi connectivity index (χ1) is 13.7. The van der Waals surface area contributed by atoms with Gasteiger partial charge in [-0.05, 0) is 43.3 Å². The maximum atomic E-state index is 12.5. The molecule has 0 unspecified atom stereocenters. The first-order valence-corrected chi connectivity index (χ1v) is 9.32. The van der Waals surface area contributed by atoms with Crippen LogP contribution in [0.2, 0.25) is 0 Å². The molecule has 1 saturated heterocycles. The third-order valence-corrected chi connectivity index (χ3v) is 4.69. The van der Waals surface area contributed by atoms with E-state index in [4.69, 9.17) is 13.9 Å². The molecule has 0 radical (unpaired) electrons. The fraction of sp³-hybridized carbons (Fsp3) is 0.273. The number of para-hydroxylation sites is 1. The van der Waals surface area contributed by atoms with E-state index in [9.17, 15) is 4.79 Å². The summed E-state index contributed by atoms with van der Waals surface area (Å²) in [6, 6.07) is 17.0. The molecule has 6 nitrogen and oxygen atoms in total. The van der Waals surface area contributed by atoms with Crippen molar-refractivity contribution in [3.8, 4) is 17.2 Å². The molecule has 1 fully saturated rings. The van der Waals surface area contributed by atoms with Crippen LogP contribution < -0.4 is 4.74 Å². The van der Waals surface area contributed by atoms with Crippen molar-refractivity contribution in [2.75, 3.05) is 26.3 Å². The Hall–Kier alpha value is -3.12. The van der Waals surface area contributed by atoms with Gasteiger partial charge >= 0.3 is 0 Å². The van der Waals surface area contributed by atoms with Gasteiger partial charge in [0.15, 0.2) is 0 Å². The molecule has 2 aromatic carbocycles. The molecule has 1 aromatic heterocycles. The zero-order chi connectivity index (χ0) is 19.3. The molecule has 1 amide bonds. The SMILES string of the molecule is Cc1oc(-c2ccc(C(=O)N3CCOCC3)cc2)nc1COc1ccccc1.